The fourth-order valence-corrected chi connectivity index (χ4v) is 6.83. The zero-order valence-electron chi connectivity index (χ0n) is 16.4. The molecule has 0 aliphatic heterocycles. The van der Waals surface area contributed by atoms with Gasteiger partial charge in [-0.05, 0) is 62.2 Å². The second kappa shape index (κ2) is 6.16. The van der Waals surface area contributed by atoms with Crippen molar-refractivity contribution in [1.29, 1.82) is 0 Å². The van der Waals surface area contributed by atoms with Crippen molar-refractivity contribution in [2.24, 2.45) is 22.7 Å². The Morgan fingerprint density at radius 2 is 2.00 bits per heavy atom. The highest BCUT2D eigenvalue weighted by Crippen LogP contribution is 2.65. The smallest absolute Gasteiger partial charge is 0.107 e. The van der Waals surface area contributed by atoms with Gasteiger partial charge < -0.3 is 20.1 Å². The third kappa shape index (κ3) is 2.35. The summed E-state index contributed by atoms with van der Waals surface area (Å²) in [7, 11) is 1.57. The highest BCUT2D eigenvalue weighted by atomic mass is 16.5. The number of hydrogen-bond donors (Lipinski definition) is 3. The minimum Gasteiger partial charge on any atom is -0.393 e. The lowest BCUT2D eigenvalue weighted by Gasteiger charge is -2.58. The summed E-state index contributed by atoms with van der Waals surface area (Å²) in [4.78, 5) is 0. The standard InChI is InChI=1S/C22H34O4/c1-20-9-6-15(23)12-14(20)4-5-16-17(20)7-10-21(2)18(16)8-11-22(21,25)19(24)13-26-3/h4,8,15-17,19,23-25H,5-7,9-13H2,1-3H3/t15-,16+,17-,19-,20-,21-,22+/m0/s1. The predicted octanol–water partition coefficient (Wildman–Crippen LogP) is 2.97. The maximum Gasteiger partial charge on any atom is 0.107 e. The molecule has 0 bridgehead atoms. The molecule has 26 heavy (non-hydrogen) atoms. The molecule has 4 nitrogen and oxygen atoms in total. The van der Waals surface area contributed by atoms with Gasteiger partial charge in [0.25, 0.3) is 0 Å². The number of hydrogen-bond acceptors (Lipinski definition) is 4. The Morgan fingerprint density at radius 1 is 1.23 bits per heavy atom. The number of allylic oxidation sites excluding steroid dienone is 1. The van der Waals surface area contributed by atoms with Gasteiger partial charge in [-0.25, -0.2) is 0 Å². The number of aliphatic hydroxyl groups excluding tert-OH is 2. The molecule has 0 amide bonds. The molecule has 4 heteroatoms. The summed E-state index contributed by atoms with van der Waals surface area (Å²) >= 11 is 0. The summed E-state index contributed by atoms with van der Waals surface area (Å²) in [6.07, 6.45) is 9.82. The lowest BCUT2D eigenvalue weighted by Crippen LogP contribution is -2.58. The Hall–Kier alpha value is -0.680. The Labute approximate surface area is 156 Å². The average Bonchev–Trinajstić information content (AvgIpc) is 2.88. The summed E-state index contributed by atoms with van der Waals surface area (Å²) in [6.45, 7) is 4.71. The summed E-state index contributed by atoms with van der Waals surface area (Å²) in [6, 6.07) is 0. The van der Waals surface area contributed by atoms with Gasteiger partial charge in [-0.15, -0.1) is 0 Å². The molecule has 0 heterocycles. The summed E-state index contributed by atoms with van der Waals surface area (Å²) < 4.78 is 5.14. The van der Waals surface area contributed by atoms with Crippen molar-refractivity contribution in [3.05, 3.63) is 23.3 Å². The molecule has 0 radical (unpaired) electrons. The van der Waals surface area contributed by atoms with E-state index < -0.39 is 11.7 Å². The lowest BCUT2D eigenvalue weighted by atomic mass is 9.48. The first-order valence-electron chi connectivity index (χ1n) is 10.2. The van der Waals surface area contributed by atoms with Crippen LogP contribution in [0.5, 0.6) is 0 Å². The topological polar surface area (TPSA) is 69.9 Å². The lowest BCUT2D eigenvalue weighted by molar-refractivity contribution is -0.160. The van der Waals surface area contributed by atoms with Crippen LogP contribution in [0.3, 0.4) is 0 Å². The van der Waals surface area contributed by atoms with Gasteiger partial charge in [0, 0.05) is 12.5 Å². The molecule has 4 aliphatic carbocycles. The highest BCUT2D eigenvalue weighted by molar-refractivity contribution is 5.38. The Bertz CT molecular complexity index is 640. The quantitative estimate of drug-likeness (QED) is 0.675. The van der Waals surface area contributed by atoms with E-state index in [4.69, 9.17) is 4.74 Å². The molecule has 146 valence electrons. The molecule has 4 rings (SSSR count). The van der Waals surface area contributed by atoms with Crippen molar-refractivity contribution >= 4 is 0 Å². The van der Waals surface area contributed by atoms with Crippen molar-refractivity contribution in [2.45, 2.75) is 76.6 Å². The zero-order chi connectivity index (χ0) is 18.7. The molecule has 0 saturated heterocycles. The highest BCUT2D eigenvalue weighted by Gasteiger charge is 2.62. The molecule has 4 aliphatic rings. The van der Waals surface area contributed by atoms with E-state index in [0.717, 1.165) is 38.5 Å². The number of fused-ring (bicyclic) bond motifs is 5. The van der Waals surface area contributed by atoms with E-state index in [0.29, 0.717) is 18.3 Å². The first-order valence-corrected chi connectivity index (χ1v) is 10.2. The van der Waals surface area contributed by atoms with E-state index in [1.807, 2.05) is 0 Å². The average molecular weight is 363 g/mol. The Kier molecular flexibility index (Phi) is 4.43. The van der Waals surface area contributed by atoms with Gasteiger partial charge in [0.05, 0.1) is 12.7 Å². The van der Waals surface area contributed by atoms with E-state index in [-0.39, 0.29) is 23.5 Å². The normalized spacial score (nSPS) is 48.8. The van der Waals surface area contributed by atoms with Crippen molar-refractivity contribution in [3.8, 4) is 0 Å². The minimum absolute atomic E-state index is 0.168. The van der Waals surface area contributed by atoms with Crippen LogP contribution < -0.4 is 0 Å². The zero-order valence-corrected chi connectivity index (χ0v) is 16.4. The predicted molar refractivity (Wildman–Crippen MR) is 101 cm³/mol. The van der Waals surface area contributed by atoms with E-state index in [9.17, 15) is 15.3 Å². The van der Waals surface area contributed by atoms with Crippen molar-refractivity contribution in [1.82, 2.24) is 0 Å². The van der Waals surface area contributed by atoms with Gasteiger partial charge >= 0.3 is 0 Å². The Morgan fingerprint density at radius 3 is 2.73 bits per heavy atom. The van der Waals surface area contributed by atoms with Crippen LogP contribution in [-0.2, 0) is 4.74 Å². The molecular formula is C22H34O4. The van der Waals surface area contributed by atoms with Crippen molar-refractivity contribution in [2.75, 3.05) is 13.7 Å². The maximum absolute atomic E-state index is 11.4. The van der Waals surface area contributed by atoms with Gasteiger partial charge in [0.1, 0.15) is 11.7 Å². The van der Waals surface area contributed by atoms with Crippen LogP contribution in [0.4, 0.5) is 0 Å². The molecule has 0 aromatic carbocycles. The molecular weight excluding hydrogens is 328 g/mol. The van der Waals surface area contributed by atoms with Crippen LogP contribution in [0.2, 0.25) is 0 Å². The molecule has 2 fully saturated rings. The maximum atomic E-state index is 11.4. The van der Waals surface area contributed by atoms with Gasteiger partial charge in [0.2, 0.25) is 0 Å². The van der Waals surface area contributed by atoms with E-state index in [1.165, 1.54) is 11.1 Å². The number of rotatable bonds is 3. The molecule has 0 unspecified atom stereocenters. The van der Waals surface area contributed by atoms with Crippen LogP contribution in [0, 0.1) is 22.7 Å². The van der Waals surface area contributed by atoms with Gasteiger partial charge in [-0.3, -0.25) is 0 Å². The minimum atomic E-state index is -1.13. The molecule has 3 N–H and O–H groups in total. The second-order valence-electron chi connectivity index (χ2n) is 9.62. The van der Waals surface area contributed by atoms with Crippen molar-refractivity contribution < 1.29 is 20.1 Å². The largest absolute Gasteiger partial charge is 0.393 e. The third-order valence-electron chi connectivity index (χ3n) is 8.56. The fourth-order valence-electron chi connectivity index (χ4n) is 6.83. The van der Waals surface area contributed by atoms with Crippen LogP contribution in [0.1, 0.15) is 58.8 Å². The number of ether oxygens (including phenoxy) is 1. The van der Waals surface area contributed by atoms with E-state index in [1.54, 1.807) is 7.11 Å². The van der Waals surface area contributed by atoms with Crippen LogP contribution in [0.15, 0.2) is 23.3 Å². The third-order valence-corrected chi connectivity index (χ3v) is 8.56. The van der Waals surface area contributed by atoms with E-state index >= 15 is 0 Å². The monoisotopic (exact) mass is 362 g/mol. The van der Waals surface area contributed by atoms with Crippen molar-refractivity contribution in [3.63, 3.8) is 0 Å². The molecule has 0 aromatic heterocycles. The number of methoxy groups -OCH3 is 1. The Balaban J connectivity index is 1.66. The summed E-state index contributed by atoms with van der Waals surface area (Å²) in [5.74, 6) is 1.03. The van der Waals surface area contributed by atoms with Crippen LogP contribution >= 0.6 is 0 Å². The molecule has 2 saturated carbocycles. The molecule has 7 atom stereocenters. The molecule has 0 spiro atoms. The fraction of sp³-hybridized carbons (Fsp3) is 0.818. The van der Waals surface area contributed by atoms with Gasteiger partial charge in [-0.1, -0.05) is 37.1 Å². The van der Waals surface area contributed by atoms with Gasteiger partial charge in [0.15, 0.2) is 0 Å². The summed E-state index contributed by atoms with van der Waals surface area (Å²) in [5, 5.41) is 32.2. The second-order valence-corrected chi connectivity index (χ2v) is 9.62. The van der Waals surface area contributed by atoms with Crippen LogP contribution in [0.25, 0.3) is 0 Å². The molecule has 0 aromatic rings. The van der Waals surface area contributed by atoms with Crippen LogP contribution in [-0.4, -0.2) is 46.8 Å². The first-order chi connectivity index (χ1) is 12.3. The SMILES string of the molecule is COC[C@H](O)[C@]1(O)CC=C2[C@@H]3CC=C4C[C@@H](O)CC[C@]4(C)[C@H]3CC[C@@]21C. The number of aliphatic hydroxyl groups is 3. The summed E-state index contributed by atoms with van der Waals surface area (Å²) in [5.41, 5.74) is 1.48. The van der Waals surface area contributed by atoms with E-state index in [2.05, 4.69) is 26.0 Å². The van der Waals surface area contributed by atoms with Gasteiger partial charge in [-0.2, -0.15) is 0 Å². The first kappa shape index (κ1) is 18.7.